The van der Waals surface area contributed by atoms with Crippen molar-refractivity contribution in [1.82, 2.24) is 29.9 Å². The van der Waals surface area contributed by atoms with Crippen LogP contribution in [-0.4, -0.2) is 106 Å². The van der Waals surface area contributed by atoms with Gasteiger partial charge in [0.05, 0.1) is 86.1 Å². The maximum absolute atomic E-state index is 13.5. The lowest BCUT2D eigenvalue weighted by atomic mass is 10.2. The number of aromatic amines is 2. The van der Waals surface area contributed by atoms with Crippen LogP contribution in [0.1, 0.15) is 37.9 Å². The van der Waals surface area contributed by atoms with Gasteiger partial charge in [0.15, 0.2) is 22.2 Å². The van der Waals surface area contributed by atoms with Gasteiger partial charge in [-0.2, -0.15) is 43.9 Å². The Morgan fingerprint density at radius 3 is 1.33 bits per heavy atom. The zero-order valence-electron chi connectivity index (χ0n) is 48.6. The van der Waals surface area contributed by atoms with E-state index in [4.69, 9.17) is 42.0 Å². The van der Waals surface area contributed by atoms with Gasteiger partial charge >= 0.3 is 46.2 Å². The van der Waals surface area contributed by atoms with Gasteiger partial charge in [-0.15, -0.1) is 0 Å². The van der Waals surface area contributed by atoms with Gasteiger partial charge in [-0.3, -0.25) is 19.2 Å². The van der Waals surface area contributed by atoms with Gasteiger partial charge in [0, 0.05) is 31.2 Å². The minimum absolute atomic E-state index is 0.103. The fourth-order valence-electron chi connectivity index (χ4n) is 5.81. The highest BCUT2D eigenvalue weighted by molar-refractivity contribution is 9.10. The Morgan fingerprint density at radius 1 is 0.522 bits per heavy atom. The molecule has 0 aliphatic carbocycles. The van der Waals surface area contributed by atoms with Gasteiger partial charge in [-0.1, -0.05) is 44.5 Å². The summed E-state index contributed by atoms with van der Waals surface area (Å²) < 4.78 is 156. The highest BCUT2D eigenvalue weighted by Crippen LogP contribution is 2.34. The molecular weight excluding hydrogens is 1310 g/mol. The number of rotatable bonds is 17. The number of Topliss-reactive ketones (excluding diaryl/α,β-unsaturated/α-hetero) is 2. The number of carbonyl (C=O) groups is 4. The van der Waals surface area contributed by atoms with Crippen LogP contribution < -0.4 is 41.5 Å². The van der Waals surface area contributed by atoms with E-state index >= 15 is 0 Å². The first-order chi connectivity index (χ1) is 41.9. The summed E-state index contributed by atoms with van der Waals surface area (Å²) in [5.74, 6) is -16.5. The van der Waals surface area contributed by atoms with Crippen LogP contribution in [0.5, 0.6) is 23.0 Å². The largest absolute Gasteiger partial charge is 0.497 e. The van der Waals surface area contributed by atoms with Crippen LogP contribution in [0.3, 0.4) is 0 Å². The number of aromatic nitrogens is 6. The van der Waals surface area contributed by atoms with Crippen molar-refractivity contribution in [3.05, 3.63) is 179 Å². The number of ether oxygens (including phenoxy) is 6. The first kappa shape index (κ1) is 78.4. The number of hydrogen-bond donors (Lipinski definition) is 4. The average molecular weight is 1360 g/mol. The fraction of sp³-hybridized carbons (Fsp3) is 0.241. The Labute approximate surface area is 519 Å². The molecule has 0 saturated carbocycles. The molecule has 0 spiro atoms. The molecule has 0 atom stereocenters. The molecule has 6 N–H and O–H groups in total. The summed E-state index contributed by atoms with van der Waals surface area (Å²) in [6, 6.07) is 19.1. The van der Waals surface area contributed by atoms with E-state index in [9.17, 15) is 72.7 Å². The molecular formula is C58H58BrClF10N8O12. The molecule has 90 heavy (non-hydrogen) atoms. The highest BCUT2D eigenvalue weighted by atomic mass is 79.9. The van der Waals surface area contributed by atoms with Crippen molar-refractivity contribution in [2.45, 2.75) is 49.3 Å². The Kier molecular flexibility index (Phi) is 30.8. The number of esters is 2. The number of carbonyl (C=O) groups excluding carboxylic acids is 4. The SMILES string of the molecule is C=CC(F)(F)Br.C=CC(F)(F)C(=O)C(=O)OCC.C=CC(F)(F)c1nc2cc(OC)ccc2[nH]c1=O.C=CC(F)(F)c1nc2ccc(OC)cc2[nH]c1=O.C=CC(F)(F)c1nc2ccc(OC)cc2nc1Cl.CCOC(=O)C(C)=O.COc1ccc(N)c(N)c1. The van der Waals surface area contributed by atoms with Crippen molar-refractivity contribution in [2.24, 2.45) is 0 Å². The molecule has 7 aromatic rings. The monoisotopic (exact) mass is 1360 g/mol. The van der Waals surface area contributed by atoms with Crippen LogP contribution >= 0.6 is 27.5 Å². The molecule has 0 aliphatic rings. The van der Waals surface area contributed by atoms with E-state index in [1.165, 1.54) is 53.4 Å². The molecule has 0 aliphatic heterocycles. The van der Waals surface area contributed by atoms with Crippen LogP contribution in [0, 0.1) is 0 Å². The number of allylic oxidation sites excluding steroid dienone is 5. The number of nitrogens with one attached hydrogen (secondary N) is 2. The summed E-state index contributed by atoms with van der Waals surface area (Å²) in [4.78, 5) is 81.1. The van der Waals surface area contributed by atoms with Crippen LogP contribution in [0.15, 0.2) is 146 Å². The summed E-state index contributed by atoms with van der Waals surface area (Å²) in [6.07, 6.45) is 1.88. The topological polar surface area (TPSA) is 293 Å². The lowest BCUT2D eigenvalue weighted by Crippen LogP contribution is -2.34. The second-order valence-corrected chi connectivity index (χ2v) is 18.1. The third-order valence-electron chi connectivity index (χ3n) is 10.5. The van der Waals surface area contributed by atoms with Gasteiger partial charge in [0.2, 0.25) is 5.78 Å². The summed E-state index contributed by atoms with van der Waals surface area (Å²) >= 11 is 7.75. The normalized spacial score (nSPS) is 10.8. The number of benzene rings is 4. The van der Waals surface area contributed by atoms with Crippen molar-refractivity contribution in [3.63, 3.8) is 0 Å². The van der Waals surface area contributed by atoms with E-state index in [0.29, 0.717) is 75.0 Å². The molecule has 32 heteroatoms. The maximum atomic E-state index is 13.5. The number of nitrogens with two attached hydrogens (primary N) is 2. The Bertz CT molecular complexity index is 3810. The van der Waals surface area contributed by atoms with Gasteiger partial charge < -0.3 is 49.9 Å². The molecule has 4 aromatic carbocycles. The number of methoxy groups -OCH3 is 4. The van der Waals surface area contributed by atoms with Crippen LogP contribution in [0.25, 0.3) is 33.1 Å². The molecule has 0 saturated heterocycles. The van der Waals surface area contributed by atoms with E-state index in [-0.39, 0.29) is 35.5 Å². The molecule has 3 aromatic heterocycles. The Balaban J connectivity index is 0.000000541. The predicted octanol–water partition coefficient (Wildman–Crippen LogP) is 12.1. The average Bonchev–Trinajstić information content (AvgIpc) is 1.06. The Hall–Kier alpha value is -9.65. The third kappa shape index (κ3) is 24.1. The molecule has 486 valence electrons. The molecule has 0 fully saturated rings. The highest BCUT2D eigenvalue weighted by Gasteiger charge is 2.41. The van der Waals surface area contributed by atoms with Crippen molar-refractivity contribution in [3.8, 4) is 23.0 Å². The first-order valence-corrected chi connectivity index (χ1v) is 26.1. The van der Waals surface area contributed by atoms with Gasteiger partial charge in [0.25, 0.3) is 11.1 Å². The van der Waals surface area contributed by atoms with E-state index in [2.05, 4.69) is 72.3 Å². The second kappa shape index (κ2) is 35.4. The van der Waals surface area contributed by atoms with Gasteiger partial charge in [-0.05, 0) is 109 Å². The van der Waals surface area contributed by atoms with E-state index in [1.54, 1.807) is 68.6 Å². The summed E-state index contributed by atoms with van der Waals surface area (Å²) in [6.45, 7) is 19.0. The molecule has 7 rings (SSSR count). The third-order valence-corrected chi connectivity index (χ3v) is 11.0. The molecule has 0 radical (unpaired) electrons. The number of anilines is 2. The minimum Gasteiger partial charge on any atom is -0.497 e. The van der Waals surface area contributed by atoms with Crippen molar-refractivity contribution >= 4 is 95.5 Å². The summed E-state index contributed by atoms with van der Waals surface area (Å²) in [5.41, 5.74) is 9.77. The van der Waals surface area contributed by atoms with Gasteiger partial charge in [-0.25, -0.2) is 29.5 Å². The van der Waals surface area contributed by atoms with Gasteiger partial charge in [0.1, 0.15) is 23.0 Å². The minimum atomic E-state index is -3.83. The molecule has 3 heterocycles. The van der Waals surface area contributed by atoms with Crippen LogP contribution in [0.4, 0.5) is 55.3 Å². The molecule has 0 bridgehead atoms. The number of nitrogens with zero attached hydrogens (tertiary/aromatic N) is 4. The fourth-order valence-corrected chi connectivity index (χ4v) is 6.07. The summed E-state index contributed by atoms with van der Waals surface area (Å²) in [7, 11) is 6.00. The van der Waals surface area contributed by atoms with Crippen molar-refractivity contribution < 1.29 is 91.5 Å². The van der Waals surface area contributed by atoms with E-state index in [1.807, 2.05) is 15.9 Å². The molecule has 0 amide bonds. The van der Waals surface area contributed by atoms with Crippen molar-refractivity contribution in [2.75, 3.05) is 53.1 Å². The number of H-pyrrole nitrogens is 2. The number of fused-ring (bicyclic) bond motifs is 3. The lowest BCUT2D eigenvalue weighted by Gasteiger charge is -2.12. The van der Waals surface area contributed by atoms with E-state index < -0.39 is 80.2 Å². The summed E-state index contributed by atoms with van der Waals surface area (Å²) in [5, 5.41) is -0.347. The lowest BCUT2D eigenvalue weighted by molar-refractivity contribution is -0.162. The zero-order chi connectivity index (χ0) is 69.1. The number of halogens is 12. The van der Waals surface area contributed by atoms with Crippen molar-refractivity contribution in [1.29, 1.82) is 0 Å². The standard InChI is InChI=1S/C12H9ClF2N2O.2C12H10F2N2O2.C7H8F2O3.C7H10N2O.C5H8O3.C3H3BrF2/c1-3-12(14,15)10-11(13)17-9-6-7(18-2)4-5-8(9)16-10;1-3-12(13,14)10-11(17)16-8-5-4-7(18-2)6-9(8)15-10;1-3-12(13,14)10-11(17)16-9-6-7(18-2)4-5-8(9)15-10;1-3-7(8,9)5(10)6(11)12-4-2;1-10-5-2-3-6(8)7(9)4-5;1-3-8-5(7)4(2)6;1-2-3(4,5)6/h3-6H,1H2,2H3;2*3-6H,1H2,2H3,(H,16,17);3H,1,4H2,2H3;2-4H,8-9H2,1H3;3H2,1-2H3;2H,1H2. The number of hydrogen-bond acceptors (Lipinski definition) is 18. The Morgan fingerprint density at radius 2 is 0.911 bits per heavy atom. The quantitative estimate of drug-likeness (QED) is 0.0164. The predicted molar refractivity (Wildman–Crippen MR) is 321 cm³/mol. The number of nitrogen functional groups attached to an aromatic ring is 2. The number of alkyl halides is 11. The van der Waals surface area contributed by atoms with Crippen LogP contribution in [-0.2, 0) is 46.4 Å². The van der Waals surface area contributed by atoms with Crippen LogP contribution in [0.2, 0.25) is 5.15 Å². The zero-order valence-corrected chi connectivity index (χ0v) is 51.0. The first-order valence-electron chi connectivity index (χ1n) is 24.9. The maximum Gasteiger partial charge on any atom is 0.381 e. The second-order valence-electron chi connectivity index (χ2n) is 16.7. The van der Waals surface area contributed by atoms with E-state index in [0.717, 1.165) is 5.75 Å². The molecule has 20 nitrogen and oxygen atoms in total. The number of ketones is 2. The molecule has 0 unspecified atom stereocenters. The smallest absolute Gasteiger partial charge is 0.381 e.